The van der Waals surface area contributed by atoms with Gasteiger partial charge in [-0.15, -0.1) is 0 Å². The molecule has 1 aliphatic rings. The topological polar surface area (TPSA) is 64.2 Å². The van der Waals surface area contributed by atoms with Gasteiger partial charge in [-0.1, -0.05) is 20.3 Å². The molecule has 1 aromatic heterocycles. The molecular formula is C19H30N4O. The van der Waals surface area contributed by atoms with Crippen molar-refractivity contribution in [3.63, 3.8) is 0 Å². The minimum absolute atomic E-state index is 0.276. The second kappa shape index (κ2) is 7.88. The maximum atomic E-state index is 9.68. The molecule has 1 aliphatic heterocycles. The summed E-state index contributed by atoms with van der Waals surface area (Å²) in [6, 6.07) is 5.95. The van der Waals surface area contributed by atoms with Gasteiger partial charge in [0.25, 0.3) is 0 Å². The second-order valence-electron chi connectivity index (χ2n) is 7.40. The van der Waals surface area contributed by atoms with E-state index in [4.69, 9.17) is 0 Å². The molecule has 0 bridgehead atoms. The average Bonchev–Trinajstić information content (AvgIpc) is 2.97. The van der Waals surface area contributed by atoms with Crippen molar-refractivity contribution in [2.75, 3.05) is 25.0 Å². The zero-order chi connectivity index (χ0) is 16.9. The molecule has 1 aromatic carbocycles. The van der Waals surface area contributed by atoms with Gasteiger partial charge >= 0.3 is 0 Å². The minimum Gasteiger partial charge on any atom is -0.508 e. The smallest absolute Gasteiger partial charge is 0.155 e. The van der Waals surface area contributed by atoms with Gasteiger partial charge in [-0.2, -0.15) is 5.10 Å². The number of nitrogens with one attached hydrogen (secondary N) is 2. The monoisotopic (exact) mass is 330 g/mol. The lowest BCUT2D eigenvalue weighted by atomic mass is 9.97. The molecule has 132 valence electrons. The van der Waals surface area contributed by atoms with Crippen LogP contribution in [0.4, 0.5) is 5.82 Å². The number of piperidine rings is 1. The number of phenols is 1. The first-order valence-corrected chi connectivity index (χ1v) is 9.28. The van der Waals surface area contributed by atoms with E-state index in [0.29, 0.717) is 6.04 Å². The van der Waals surface area contributed by atoms with E-state index in [1.165, 1.54) is 38.8 Å². The van der Waals surface area contributed by atoms with E-state index in [9.17, 15) is 5.11 Å². The van der Waals surface area contributed by atoms with Crippen molar-refractivity contribution in [2.45, 2.75) is 52.0 Å². The van der Waals surface area contributed by atoms with Crippen molar-refractivity contribution in [2.24, 2.45) is 5.92 Å². The maximum Gasteiger partial charge on any atom is 0.155 e. The van der Waals surface area contributed by atoms with Gasteiger partial charge in [0.1, 0.15) is 5.75 Å². The summed E-state index contributed by atoms with van der Waals surface area (Å²) in [7, 11) is 0. The number of hydrogen-bond donors (Lipinski definition) is 3. The maximum absolute atomic E-state index is 9.68. The van der Waals surface area contributed by atoms with Gasteiger partial charge in [0.15, 0.2) is 5.82 Å². The highest BCUT2D eigenvalue weighted by Crippen LogP contribution is 2.25. The number of H-pyrrole nitrogens is 1. The summed E-state index contributed by atoms with van der Waals surface area (Å²) >= 11 is 0. The Morgan fingerprint density at radius 1 is 1.25 bits per heavy atom. The molecular weight excluding hydrogens is 300 g/mol. The zero-order valence-corrected chi connectivity index (χ0v) is 14.9. The van der Waals surface area contributed by atoms with E-state index in [-0.39, 0.29) is 5.75 Å². The van der Waals surface area contributed by atoms with Gasteiger partial charge in [0.2, 0.25) is 0 Å². The van der Waals surface area contributed by atoms with E-state index in [1.807, 2.05) is 6.07 Å². The summed E-state index contributed by atoms with van der Waals surface area (Å²) in [4.78, 5) is 2.68. The summed E-state index contributed by atoms with van der Waals surface area (Å²) < 4.78 is 0. The quantitative estimate of drug-likeness (QED) is 0.719. The van der Waals surface area contributed by atoms with E-state index in [2.05, 4.69) is 34.3 Å². The van der Waals surface area contributed by atoms with E-state index in [0.717, 1.165) is 35.6 Å². The standard InChI is InChI=1S/C19H30N4O/c1-14(2)12-15(23-10-4-3-5-11-23)8-9-20-19-17-13-16(24)6-7-18(17)21-22-19/h6-7,13-15,24H,3-5,8-12H2,1-2H3,(H2,20,21,22). The van der Waals surface area contributed by atoms with Crippen molar-refractivity contribution in [1.82, 2.24) is 15.1 Å². The average molecular weight is 330 g/mol. The number of nitrogens with zero attached hydrogens (tertiary/aromatic N) is 2. The van der Waals surface area contributed by atoms with Crippen LogP contribution in [0.1, 0.15) is 46.0 Å². The fourth-order valence-electron chi connectivity index (χ4n) is 3.77. The normalized spacial score (nSPS) is 17.5. The zero-order valence-electron chi connectivity index (χ0n) is 14.9. The largest absolute Gasteiger partial charge is 0.508 e. The van der Waals surface area contributed by atoms with Crippen LogP contribution in [0.5, 0.6) is 5.75 Å². The van der Waals surface area contributed by atoms with Crippen LogP contribution in [0.3, 0.4) is 0 Å². The highest BCUT2D eigenvalue weighted by atomic mass is 16.3. The number of anilines is 1. The number of likely N-dealkylation sites (tertiary alicyclic amines) is 1. The molecule has 5 nitrogen and oxygen atoms in total. The third kappa shape index (κ3) is 4.20. The van der Waals surface area contributed by atoms with Crippen LogP contribution in [0.15, 0.2) is 18.2 Å². The summed E-state index contributed by atoms with van der Waals surface area (Å²) in [6.45, 7) is 8.03. The third-order valence-corrected chi connectivity index (χ3v) is 4.97. The first kappa shape index (κ1) is 17.1. The molecule has 2 heterocycles. The molecule has 0 spiro atoms. The number of fused-ring (bicyclic) bond motifs is 1. The fourth-order valence-corrected chi connectivity index (χ4v) is 3.77. The first-order chi connectivity index (χ1) is 11.6. The van der Waals surface area contributed by atoms with Gasteiger partial charge in [-0.3, -0.25) is 5.10 Å². The number of benzene rings is 1. The predicted octanol–water partition coefficient (Wildman–Crippen LogP) is 3.97. The van der Waals surface area contributed by atoms with Crippen molar-refractivity contribution >= 4 is 16.7 Å². The summed E-state index contributed by atoms with van der Waals surface area (Å²) in [5.74, 6) is 1.83. The molecule has 1 fully saturated rings. The number of hydrogen-bond acceptors (Lipinski definition) is 4. The molecule has 1 unspecified atom stereocenters. The van der Waals surface area contributed by atoms with Crippen LogP contribution in [0, 0.1) is 5.92 Å². The van der Waals surface area contributed by atoms with Crippen LogP contribution in [-0.2, 0) is 0 Å². The lowest BCUT2D eigenvalue weighted by molar-refractivity contribution is 0.139. The molecule has 0 amide bonds. The van der Waals surface area contributed by atoms with Gasteiger partial charge < -0.3 is 15.3 Å². The van der Waals surface area contributed by atoms with Crippen LogP contribution in [0.25, 0.3) is 10.9 Å². The van der Waals surface area contributed by atoms with Crippen LogP contribution in [0.2, 0.25) is 0 Å². The molecule has 1 saturated heterocycles. The molecule has 5 heteroatoms. The Morgan fingerprint density at radius 2 is 2.04 bits per heavy atom. The number of phenolic OH excluding ortho intramolecular Hbond substituents is 1. The highest BCUT2D eigenvalue weighted by molar-refractivity contribution is 5.90. The van der Waals surface area contributed by atoms with Crippen molar-refractivity contribution in [1.29, 1.82) is 0 Å². The highest BCUT2D eigenvalue weighted by Gasteiger charge is 2.21. The second-order valence-corrected chi connectivity index (χ2v) is 7.40. The van der Waals surface area contributed by atoms with Gasteiger partial charge in [0, 0.05) is 18.0 Å². The lowest BCUT2D eigenvalue weighted by Crippen LogP contribution is -2.41. The van der Waals surface area contributed by atoms with Gasteiger partial charge in [-0.25, -0.2) is 0 Å². The Bertz CT molecular complexity index is 646. The van der Waals surface area contributed by atoms with Crippen LogP contribution < -0.4 is 5.32 Å². The molecule has 0 radical (unpaired) electrons. The van der Waals surface area contributed by atoms with Crippen molar-refractivity contribution < 1.29 is 5.11 Å². The molecule has 24 heavy (non-hydrogen) atoms. The molecule has 2 aromatic rings. The first-order valence-electron chi connectivity index (χ1n) is 9.28. The molecule has 0 aliphatic carbocycles. The summed E-state index contributed by atoms with van der Waals surface area (Å²) in [5.41, 5.74) is 0.949. The van der Waals surface area contributed by atoms with E-state index >= 15 is 0 Å². The Balaban J connectivity index is 1.60. The Hall–Kier alpha value is -1.75. The number of aromatic hydroxyl groups is 1. The summed E-state index contributed by atoms with van der Waals surface area (Å²) in [6.07, 6.45) is 6.44. The van der Waals surface area contributed by atoms with Crippen LogP contribution >= 0.6 is 0 Å². The van der Waals surface area contributed by atoms with Gasteiger partial charge in [-0.05, 0) is 62.9 Å². The summed E-state index contributed by atoms with van der Waals surface area (Å²) in [5, 5.41) is 21.5. The SMILES string of the molecule is CC(C)CC(CCNc1n[nH]c2ccc(O)cc12)N1CCCCC1. The van der Waals surface area contributed by atoms with Gasteiger partial charge in [0.05, 0.1) is 5.52 Å². The van der Waals surface area contributed by atoms with Crippen molar-refractivity contribution in [3.05, 3.63) is 18.2 Å². The number of aromatic amines is 1. The molecule has 1 atom stereocenters. The number of rotatable bonds is 7. The molecule has 0 saturated carbocycles. The third-order valence-electron chi connectivity index (χ3n) is 4.97. The lowest BCUT2D eigenvalue weighted by Gasteiger charge is -2.35. The van der Waals surface area contributed by atoms with E-state index < -0.39 is 0 Å². The van der Waals surface area contributed by atoms with Crippen LogP contribution in [-0.4, -0.2) is 45.9 Å². The van der Waals surface area contributed by atoms with E-state index in [1.54, 1.807) is 12.1 Å². The predicted molar refractivity (Wildman–Crippen MR) is 99.5 cm³/mol. The fraction of sp³-hybridized carbons (Fsp3) is 0.632. The van der Waals surface area contributed by atoms with Crippen molar-refractivity contribution in [3.8, 4) is 5.75 Å². The Labute approximate surface area is 144 Å². The Morgan fingerprint density at radius 3 is 2.79 bits per heavy atom. The number of aromatic nitrogens is 2. The molecule has 3 rings (SSSR count). The Kier molecular flexibility index (Phi) is 5.61. The minimum atomic E-state index is 0.276. The molecule has 3 N–H and O–H groups in total.